The van der Waals surface area contributed by atoms with E-state index in [0.717, 1.165) is 25.3 Å². The van der Waals surface area contributed by atoms with Gasteiger partial charge in [0.1, 0.15) is 22.8 Å². The van der Waals surface area contributed by atoms with Gasteiger partial charge < -0.3 is 19.7 Å². The van der Waals surface area contributed by atoms with E-state index in [0.29, 0.717) is 6.61 Å². The van der Waals surface area contributed by atoms with Crippen LogP contribution in [0.2, 0.25) is 0 Å². The van der Waals surface area contributed by atoms with E-state index in [1.807, 2.05) is 0 Å². The van der Waals surface area contributed by atoms with Crippen LogP contribution in [0, 0.1) is 0 Å². The van der Waals surface area contributed by atoms with Gasteiger partial charge in [-0.1, -0.05) is 0 Å². The minimum atomic E-state index is -0.432. The van der Waals surface area contributed by atoms with Crippen molar-refractivity contribution in [3.8, 4) is 17.2 Å². The first kappa shape index (κ1) is 12.7. The normalized spacial score (nSPS) is 19.5. The van der Waals surface area contributed by atoms with Crippen molar-refractivity contribution >= 4 is 5.78 Å². The van der Waals surface area contributed by atoms with Gasteiger partial charge in [0.25, 0.3) is 0 Å². The van der Waals surface area contributed by atoms with Gasteiger partial charge in [0.05, 0.1) is 6.61 Å². The lowest BCUT2D eigenvalue weighted by molar-refractivity contribution is -0.106. The predicted octanol–water partition coefficient (Wildman–Crippen LogP) is 2.21. The Morgan fingerprint density at radius 2 is 2.17 bits per heavy atom. The first-order valence-corrected chi connectivity index (χ1v) is 5.93. The number of ketones is 1. The maximum Gasteiger partial charge on any atom is 0.199 e. The van der Waals surface area contributed by atoms with Crippen molar-refractivity contribution in [3.63, 3.8) is 0 Å². The average molecular weight is 252 g/mol. The van der Waals surface area contributed by atoms with Gasteiger partial charge in [0.15, 0.2) is 12.1 Å². The molecule has 1 aliphatic rings. The summed E-state index contributed by atoms with van der Waals surface area (Å²) in [5.41, 5.74) is 0.0713. The molecule has 1 fully saturated rings. The molecule has 18 heavy (non-hydrogen) atoms. The highest BCUT2D eigenvalue weighted by Crippen LogP contribution is 2.34. The minimum Gasteiger partial charge on any atom is -0.508 e. The molecule has 1 aromatic rings. The third-order valence-corrected chi connectivity index (χ3v) is 2.81. The largest absolute Gasteiger partial charge is 0.508 e. The van der Waals surface area contributed by atoms with E-state index in [9.17, 15) is 15.0 Å². The second-order valence-corrected chi connectivity index (χ2v) is 4.31. The Bertz CT molecular complexity index is 449. The lowest BCUT2D eigenvalue weighted by Gasteiger charge is -2.24. The molecule has 0 spiro atoms. The summed E-state index contributed by atoms with van der Waals surface area (Å²) >= 11 is 0. The van der Waals surface area contributed by atoms with Crippen molar-refractivity contribution < 1.29 is 24.5 Å². The maximum atomic E-state index is 11.5. The van der Waals surface area contributed by atoms with Crippen molar-refractivity contribution in [2.75, 3.05) is 6.61 Å². The van der Waals surface area contributed by atoms with E-state index in [1.165, 1.54) is 13.0 Å². The molecule has 0 radical (unpaired) electrons. The Balaban J connectivity index is 2.27. The van der Waals surface area contributed by atoms with Gasteiger partial charge >= 0.3 is 0 Å². The van der Waals surface area contributed by atoms with Gasteiger partial charge in [0.2, 0.25) is 0 Å². The molecule has 1 aliphatic heterocycles. The number of ether oxygens (including phenoxy) is 2. The molecule has 1 saturated heterocycles. The second-order valence-electron chi connectivity index (χ2n) is 4.31. The molecule has 5 nitrogen and oxygen atoms in total. The van der Waals surface area contributed by atoms with Crippen molar-refractivity contribution in [2.24, 2.45) is 0 Å². The molecule has 2 N–H and O–H groups in total. The first-order valence-electron chi connectivity index (χ1n) is 5.93. The zero-order chi connectivity index (χ0) is 13.1. The Kier molecular flexibility index (Phi) is 3.72. The summed E-state index contributed by atoms with van der Waals surface area (Å²) in [5, 5.41) is 19.1. The van der Waals surface area contributed by atoms with Crippen LogP contribution in [0.3, 0.4) is 0 Å². The average Bonchev–Trinajstić information content (AvgIpc) is 2.28. The predicted molar refractivity (Wildman–Crippen MR) is 64.0 cm³/mol. The Hall–Kier alpha value is -1.75. The smallest absolute Gasteiger partial charge is 0.199 e. The summed E-state index contributed by atoms with van der Waals surface area (Å²) < 4.78 is 10.9. The molecule has 1 atom stereocenters. The quantitative estimate of drug-likeness (QED) is 0.806. The number of Topliss-reactive ketones (excluding diaryl/α,β-unsaturated/α-hetero) is 1. The van der Waals surface area contributed by atoms with Crippen LogP contribution in [0.1, 0.15) is 36.5 Å². The van der Waals surface area contributed by atoms with Gasteiger partial charge in [-0.2, -0.15) is 0 Å². The number of rotatable bonds is 3. The van der Waals surface area contributed by atoms with E-state index in [2.05, 4.69) is 0 Å². The van der Waals surface area contributed by atoms with Gasteiger partial charge in [0, 0.05) is 18.6 Å². The van der Waals surface area contributed by atoms with E-state index in [-0.39, 0.29) is 28.6 Å². The molecule has 0 saturated carbocycles. The Labute approximate surface area is 105 Å². The van der Waals surface area contributed by atoms with Crippen LogP contribution in [-0.4, -0.2) is 28.9 Å². The van der Waals surface area contributed by atoms with E-state index in [4.69, 9.17) is 9.47 Å². The van der Waals surface area contributed by atoms with Crippen LogP contribution in [-0.2, 0) is 4.74 Å². The molecule has 2 rings (SSSR count). The van der Waals surface area contributed by atoms with Gasteiger partial charge in [-0.25, -0.2) is 0 Å². The minimum absolute atomic E-state index is 0.0713. The van der Waals surface area contributed by atoms with E-state index >= 15 is 0 Å². The fourth-order valence-corrected chi connectivity index (χ4v) is 1.98. The number of hydrogen-bond donors (Lipinski definition) is 2. The molecule has 0 aliphatic carbocycles. The lowest BCUT2D eigenvalue weighted by atomic mass is 10.1. The zero-order valence-corrected chi connectivity index (χ0v) is 10.2. The topological polar surface area (TPSA) is 76.0 Å². The monoisotopic (exact) mass is 252 g/mol. The van der Waals surface area contributed by atoms with Crippen LogP contribution >= 0.6 is 0 Å². The molecule has 1 unspecified atom stereocenters. The number of carbonyl (C=O) groups is 1. The van der Waals surface area contributed by atoms with Crippen LogP contribution in [0.5, 0.6) is 17.2 Å². The van der Waals surface area contributed by atoms with Crippen LogP contribution in [0.15, 0.2) is 12.1 Å². The summed E-state index contributed by atoms with van der Waals surface area (Å²) in [6.07, 6.45) is 2.28. The summed E-state index contributed by atoms with van der Waals surface area (Å²) in [4.78, 5) is 11.5. The first-order chi connectivity index (χ1) is 8.58. The lowest BCUT2D eigenvalue weighted by Crippen LogP contribution is -2.25. The van der Waals surface area contributed by atoms with E-state index < -0.39 is 6.29 Å². The van der Waals surface area contributed by atoms with Gasteiger partial charge in [-0.05, 0) is 19.8 Å². The number of benzene rings is 1. The fraction of sp³-hybridized carbons (Fsp3) is 0.462. The number of aromatic hydroxyl groups is 2. The molecular weight excluding hydrogens is 236 g/mol. The Morgan fingerprint density at radius 1 is 1.39 bits per heavy atom. The molecule has 0 bridgehead atoms. The third-order valence-electron chi connectivity index (χ3n) is 2.81. The second kappa shape index (κ2) is 5.27. The highest BCUT2D eigenvalue weighted by molar-refractivity contribution is 5.99. The van der Waals surface area contributed by atoms with Crippen LogP contribution in [0.4, 0.5) is 0 Å². The molecule has 1 heterocycles. The van der Waals surface area contributed by atoms with Gasteiger partial charge in [-0.3, -0.25) is 4.79 Å². The Morgan fingerprint density at radius 3 is 2.78 bits per heavy atom. The summed E-state index contributed by atoms with van der Waals surface area (Å²) in [6, 6.07) is 2.43. The standard InChI is InChI=1S/C13H16O5/c1-8(14)13-10(16)6-9(15)7-11(13)18-12-4-2-3-5-17-12/h6-7,12,15-16H,2-5H2,1H3. The van der Waals surface area contributed by atoms with Crippen molar-refractivity contribution in [3.05, 3.63) is 17.7 Å². The zero-order valence-electron chi connectivity index (χ0n) is 10.2. The fourth-order valence-electron chi connectivity index (χ4n) is 1.98. The highest BCUT2D eigenvalue weighted by atomic mass is 16.7. The van der Waals surface area contributed by atoms with Crippen molar-refractivity contribution in [1.29, 1.82) is 0 Å². The molecule has 0 aromatic heterocycles. The number of hydrogen-bond acceptors (Lipinski definition) is 5. The molecule has 1 aromatic carbocycles. The van der Waals surface area contributed by atoms with Gasteiger partial charge in [-0.15, -0.1) is 0 Å². The summed E-state index contributed by atoms with van der Waals surface area (Å²) in [6.45, 7) is 1.95. The third kappa shape index (κ3) is 2.73. The number of carbonyl (C=O) groups excluding carboxylic acids is 1. The highest BCUT2D eigenvalue weighted by Gasteiger charge is 2.21. The van der Waals surface area contributed by atoms with Crippen LogP contribution in [0.25, 0.3) is 0 Å². The molecule has 98 valence electrons. The number of phenolic OH excluding ortho intramolecular Hbond substituents is 2. The van der Waals surface area contributed by atoms with Crippen molar-refractivity contribution in [1.82, 2.24) is 0 Å². The summed E-state index contributed by atoms with van der Waals surface area (Å²) in [5.74, 6) is -0.596. The van der Waals surface area contributed by atoms with Crippen molar-refractivity contribution in [2.45, 2.75) is 32.5 Å². The molecule has 5 heteroatoms. The van der Waals surface area contributed by atoms with Crippen LogP contribution < -0.4 is 4.74 Å². The number of phenols is 2. The van der Waals surface area contributed by atoms with E-state index in [1.54, 1.807) is 0 Å². The summed E-state index contributed by atoms with van der Waals surface area (Å²) in [7, 11) is 0. The maximum absolute atomic E-state index is 11.5. The SMILES string of the molecule is CC(=O)c1c(O)cc(O)cc1OC1CCCCO1. The molecular formula is C13H16O5. The molecule has 0 amide bonds.